The van der Waals surface area contributed by atoms with Gasteiger partial charge in [0.25, 0.3) is 0 Å². The van der Waals surface area contributed by atoms with Gasteiger partial charge in [-0.3, -0.25) is 0 Å². The molecule has 0 saturated heterocycles. The molecule has 1 atom stereocenters. The van der Waals surface area contributed by atoms with Crippen LogP contribution in [-0.4, -0.2) is 13.7 Å². The van der Waals surface area contributed by atoms with Crippen LogP contribution in [0.3, 0.4) is 0 Å². The summed E-state index contributed by atoms with van der Waals surface area (Å²) in [5.74, 6) is 0.804. The molecule has 2 aromatic rings. The normalized spacial score (nSPS) is 12.1. The van der Waals surface area contributed by atoms with Crippen molar-refractivity contribution in [2.75, 3.05) is 13.7 Å². The highest BCUT2D eigenvalue weighted by molar-refractivity contribution is 5.35. The molecule has 0 aromatic heterocycles. The van der Waals surface area contributed by atoms with Gasteiger partial charge in [0.1, 0.15) is 5.75 Å². The van der Waals surface area contributed by atoms with Gasteiger partial charge < -0.3 is 15.2 Å². The van der Waals surface area contributed by atoms with Crippen molar-refractivity contribution in [3.63, 3.8) is 0 Å². The quantitative estimate of drug-likeness (QED) is 0.865. The third-order valence-corrected chi connectivity index (χ3v) is 2.95. The Hall–Kier alpha value is -1.84. The van der Waals surface area contributed by atoms with Gasteiger partial charge in [0.2, 0.25) is 0 Å². The van der Waals surface area contributed by atoms with Gasteiger partial charge in [-0.05, 0) is 11.6 Å². The SMILES string of the molecule is COc1ccccc1C(N)COCc1ccccc1. The highest BCUT2D eigenvalue weighted by Crippen LogP contribution is 2.23. The molecule has 0 aliphatic carbocycles. The molecule has 0 aliphatic rings. The molecular formula is C16H19NO2. The lowest BCUT2D eigenvalue weighted by Crippen LogP contribution is -2.17. The first-order chi connectivity index (χ1) is 9.31. The molecule has 2 N–H and O–H groups in total. The second-order valence-electron chi connectivity index (χ2n) is 4.35. The number of methoxy groups -OCH3 is 1. The summed E-state index contributed by atoms with van der Waals surface area (Å²) in [6.45, 7) is 1.04. The minimum atomic E-state index is -0.181. The monoisotopic (exact) mass is 257 g/mol. The van der Waals surface area contributed by atoms with Crippen LogP contribution in [0.2, 0.25) is 0 Å². The topological polar surface area (TPSA) is 44.5 Å². The molecule has 0 fully saturated rings. The zero-order valence-electron chi connectivity index (χ0n) is 11.1. The molecule has 19 heavy (non-hydrogen) atoms. The van der Waals surface area contributed by atoms with Crippen LogP contribution >= 0.6 is 0 Å². The average Bonchev–Trinajstić information content (AvgIpc) is 2.48. The van der Waals surface area contributed by atoms with Crippen molar-refractivity contribution in [3.8, 4) is 5.75 Å². The molecule has 0 aliphatic heterocycles. The third kappa shape index (κ3) is 3.81. The number of para-hydroxylation sites is 1. The van der Waals surface area contributed by atoms with Crippen LogP contribution in [0.1, 0.15) is 17.2 Å². The molecule has 100 valence electrons. The van der Waals surface area contributed by atoms with Gasteiger partial charge in [0.05, 0.1) is 26.4 Å². The van der Waals surface area contributed by atoms with E-state index >= 15 is 0 Å². The lowest BCUT2D eigenvalue weighted by Gasteiger charge is -2.15. The Bertz CT molecular complexity index is 499. The third-order valence-electron chi connectivity index (χ3n) is 2.95. The smallest absolute Gasteiger partial charge is 0.123 e. The molecule has 3 nitrogen and oxygen atoms in total. The molecule has 0 radical (unpaired) electrons. The first-order valence-corrected chi connectivity index (χ1v) is 6.31. The molecule has 0 bridgehead atoms. The molecule has 3 heteroatoms. The summed E-state index contributed by atoms with van der Waals surface area (Å²) in [7, 11) is 1.65. The highest BCUT2D eigenvalue weighted by Gasteiger charge is 2.11. The molecular weight excluding hydrogens is 238 g/mol. The van der Waals surface area contributed by atoms with Crippen LogP contribution in [0.4, 0.5) is 0 Å². The lowest BCUT2D eigenvalue weighted by atomic mass is 10.1. The molecule has 0 amide bonds. The van der Waals surface area contributed by atoms with Gasteiger partial charge >= 0.3 is 0 Å². The van der Waals surface area contributed by atoms with E-state index in [2.05, 4.69) is 0 Å². The van der Waals surface area contributed by atoms with E-state index in [0.29, 0.717) is 13.2 Å². The number of ether oxygens (including phenoxy) is 2. The van der Waals surface area contributed by atoms with E-state index in [9.17, 15) is 0 Å². The molecule has 2 rings (SSSR count). The molecule has 0 saturated carbocycles. The summed E-state index contributed by atoms with van der Waals surface area (Å²) in [5, 5.41) is 0. The van der Waals surface area contributed by atoms with Crippen LogP contribution in [-0.2, 0) is 11.3 Å². The number of nitrogens with two attached hydrogens (primary N) is 1. The summed E-state index contributed by atoms with van der Waals surface area (Å²) in [6.07, 6.45) is 0. The Balaban J connectivity index is 1.89. The van der Waals surface area contributed by atoms with E-state index in [-0.39, 0.29) is 6.04 Å². The fourth-order valence-corrected chi connectivity index (χ4v) is 1.94. The average molecular weight is 257 g/mol. The van der Waals surface area contributed by atoms with E-state index in [4.69, 9.17) is 15.2 Å². The summed E-state index contributed by atoms with van der Waals surface area (Å²) in [4.78, 5) is 0. The fraction of sp³-hybridized carbons (Fsp3) is 0.250. The maximum absolute atomic E-state index is 6.13. The van der Waals surface area contributed by atoms with Crippen molar-refractivity contribution >= 4 is 0 Å². The number of hydrogen-bond donors (Lipinski definition) is 1. The molecule has 0 heterocycles. The Morgan fingerprint density at radius 3 is 2.42 bits per heavy atom. The number of benzene rings is 2. The standard InChI is InChI=1S/C16H19NO2/c1-18-16-10-6-5-9-14(16)15(17)12-19-11-13-7-3-2-4-8-13/h2-10,15H,11-12,17H2,1H3. The van der Waals surface area contributed by atoms with Crippen LogP contribution in [0, 0.1) is 0 Å². The van der Waals surface area contributed by atoms with Gasteiger partial charge in [-0.1, -0.05) is 48.5 Å². The fourth-order valence-electron chi connectivity index (χ4n) is 1.94. The largest absolute Gasteiger partial charge is 0.496 e. The molecule has 0 spiro atoms. The first kappa shape index (κ1) is 13.6. The summed E-state index contributed by atoms with van der Waals surface area (Å²) < 4.78 is 11.0. The van der Waals surface area contributed by atoms with E-state index in [0.717, 1.165) is 16.9 Å². The zero-order valence-corrected chi connectivity index (χ0v) is 11.1. The van der Waals surface area contributed by atoms with Gasteiger partial charge in [-0.15, -0.1) is 0 Å². The van der Waals surface area contributed by atoms with E-state index in [1.165, 1.54) is 0 Å². The van der Waals surface area contributed by atoms with Crippen LogP contribution in [0.15, 0.2) is 54.6 Å². The Morgan fingerprint density at radius 1 is 1.00 bits per heavy atom. The van der Waals surface area contributed by atoms with Gasteiger partial charge in [0, 0.05) is 5.56 Å². The maximum atomic E-state index is 6.13. The van der Waals surface area contributed by atoms with Crippen molar-refractivity contribution in [2.45, 2.75) is 12.6 Å². The van der Waals surface area contributed by atoms with E-state index < -0.39 is 0 Å². The summed E-state index contributed by atoms with van der Waals surface area (Å²) in [5.41, 5.74) is 8.25. The minimum absolute atomic E-state index is 0.181. The van der Waals surface area contributed by atoms with E-state index in [1.54, 1.807) is 7.11 Å². The predicted octanol–water partition coefficient (Wildman–Crippen LogP) is 2.91. The van der Waals surface area contributed by atoms with Crippen molar-refractivity contribution in [1.29, 1.82) is 0 Å². The van der Waals surface area contributed by atoms with Gasteiger partial charge in [-0.25, -0.2) is 0 Å². The highest BCUT2D eigenvalue weighted by atomic mass is 16.5. The van der Waals surface area contributed by atoms with Crippen molar-refractivity contribution in [1.82, 2.24) is 0 Å². The molecule has 1 unspecified atom stereocenters. The van der Waals surface area contributed by atoms with Crippen molar-refractivity contribution < 1.29 is 9.47 Å². The Morgan fingerprint density at radius 2 is 1.68 bits per heavy atom. The summed E-state index contributed by atoms with van der Waals surface area (Å²) in [6, 6.07) is 17.6. The van der Waals surface area contributed by atoms with Gasteiger partial charge in [-0.2, -0.15) is 0 Å². The number of hydrogen-bond acceptors (Lipinski definition) is 3. The maximum Gasteiger partial charge on any atom is 0.123 e. The van der Waals surface area contributed by atoms with Crippen LogP contribution < -0.4 is 10.5 Å². The van der Waals surface area contributed by atoms with Crippen LogP contribution in [0.5, 0.6) is 5.75 Å². The first-order valence-electron chi connectivity index (χ1n) is 6.31. The Labute approximate surface area is 114 Å². The second kappa shape index (κ2) is 6.92. The van der Waals surface area contributed by atoms with E-state index in [1.807, 2.05) is 54.6 Å². The lowest BCUT2D eigenvalue weighted by molar-refractivity contribution is 0.107. The minimum Gasteiger partial charge on any atom is -0.496 e. The van der Waals surface area contributed by atoms with Crippen LogP contribution in [0.25, 0.3) is 0 Å². The second-order valence-corrected chi connectivity index (χ2v) is 4.35. The van der Waals surface area contributed by atoms with Crippen molar-refractivity contribution in [3.05, 3.63) is 65.7 Å². The Kier molecular flexibility index (Phi) is 4.95. The summed E-state index contributed by atoms with van der Waals surface area (Å²) >= 11 is 0. The van der Waals surface area contributed by atoms with Crippen molar-refractivity contribution in [2.24, 2.45) is 5.73 Å². The number of rotatable bonds is 6. The zero-order chi connectivity index (χ0) is 13.5. The predicted molar refractivity (Wildman–Crippen MR) is 76.0 cm³/mol. The van der Waals surface area contributed by atoms with Gasteiger partial charge in [0.15, 0.2) is 0 Å². The molecule has 2 aromatic carbocycles.